The van der Waals surface area contributed by atoms with Crippen molar-refractivity contribution in [2.45, 2.75) is 41.5 Å². The fraction of sp³-hybridized carbons (Fsp3) is 0.400. The fourth-order valence-electron chi connectivity index (χ4n) is 4.20. The summed E-state index contributed by atoms with van der Waals surface area (Å²) in [5, 5.41) is 4.04. The van der Waals surface area contributed by atoms with Gasteiger partial charge >= 0.3 is 0 Å². The van der Waals surface area contributed by atoms with Gasteiger partial charge in [0.05, 0.1) is 27.0 Å². The van der Waals surface area contributed by atoms with Crippen molar-refractivity contribution >= 4 is 23.2 Å². The summed E-state index contributed by atoms with van der Waals surface area (Å²) in [5.41, 5.74) is 0.239. The summed E-state index contributed by atoms with van der Waals surface area (Å²) >= 11 is 0. The van der Waals surface area contributed by atoms with Crippen LogP contribution in [0.25, 0.3) is 0 Å². The number of hydrogen-bond donors (Lipinski definition) is 0. The van der Waals surface area contributed by atoms with E-state index in [2.05, 4.69) is 114 Å². The molecule has 0 unspecified atom stereocenters. The van der Waals surface area contributed by atoms with E-state index >= 15 is 0 Å². The molecule has 0 bridgehead atoms. The summed E-state index contributed by atoms with van der Waals surface area (Å²) in [5.74, 6) is 2.66. The van der Waals surface area contributed by atoms with Gasteiger partial charge < -0.3 is 14.2 Å². The van der Waals surface area contributed by atoms with Gasteiger partial charge in [-0.1, -0.05) is 41.5 Å². The van der Waals surface area contributed by atoms with Gasteiger partial charge in [-0.25, -0.2) is 0 Å². The van der Waals surface area contributed by atoms with E-state index in [0.29, 0.717) is 6.61 Å². The van der Waals surface area contributed by atoms with E-state index in [0.717, 1.165) is 23.4 Å². The van der Waals surface area contributed by atoms with Gasteiger partial charge in [-0.05, 0) is 83.6 Å². The minimum absolute atomic E-state index is 0.119. The molecule has 0 radical (unpaired) electrons. The highest BCUT2D eigenvalue weighted by Gasteiger charge is 2.48. The van der Waals surface area contributed by atoms with Crippen LogP contribution in [0.1, 0.15) is 41.5 Å². The van der Waals surface area contributed by atoms with Crippen molar-refractivity contribution in [3.05, 3.63) is 72.8 Å². The molecule has 0 aromatic heterocycles. The number of methoxy groups -OCH3 is 2. The maximum atomic E-state index is 6.09. The average molecular weight is 480 g/mol. The Morgan fingerprint density at radius 2 is 0.882 bits per heavy atom. The quantitative estimate of drug-likeness (QED) is 0.347. The highest BCUT2D eigenvalue weighted by Crippen LogP contribution is 2.59. The standard InChI is InChI=1S/C30H40O3P/c1-29(2,3)21-33-25-13-19-28(20-14-25)34(22-30(4,5)6,26-15-9-23(31-7)10-16-26)27-17-11-24(32-8)12-18-27/h9-20H,21-22H2,1-8H3/q+1. The zero-order valence-electron chi connectivity index (χ0n) is 22.0. The molecule has 0 aliphatic rings. The normalized spacial score (nSPS) is 12.4. The lowest BCUT2D eigenvalue weighted by Gasteiger charge is -2.33. The summed E-state index contributed by atoms with van der Waals surface area (Å²) in [6.45, 7) is 14.2. The predicted molar refractivity (Wildman–Crippen MR) is 148 cm³/mol. The molecule has 3 nitrogen and oxygen atoms in total. The van der Waals surface area contributed by atoms with E-state index in [-0.39, 0.29) is 10.8 Å². The Balaban J connectivity index is 2.19. The first kappa shape index (κ1) is 26.1. The first-order valence-corrected chi connectivity index (χ1v) is 13.8. The highest BCUT2D eigenvalue weighted by atomic mass is 31.2. The summed E-state index contributed by atoms with van der Waals surface area (Å²) in [6.07, 6.45) is 1.04. The molecule has 4 heteroatoms. The van der Waals surface area contributed by atoms with E-state index in [4.69, 9.17) is 14.2 Å². The zero-order valence-corrected chi connectivity index (χ0v) is 22.9. The molecule has 34 heavy (non-hydrogen) atoms. The van der Waals surface area contributed by atoms with Crippen LogP contribution >= 0.6 is 7.26 Å². The SMILES string of the molecule is COc1ccc([P+](CC(C)(C)C)(c2ccc(OC)cc2)c2ccc(OCC(C)(C)C)cc2)cc1. The number of hydrogen-bond acceptors (Lipinski definition) is 3. The summed E-state index contributed by atoms with van der Waals surface area (Å²) in [7, 11) is 1.46. The van der Waals surface area contributed by atoms with Gasteiger partial charge in [0.25, 0.3) is 0 Å². The second-order valence-electron chi connectivity index (χ2n) is 11.3. The summed E-state index contributed by atoms with van der Waals surface area (Å²) < 4.78 is 17.0. The molecule has 0 aliphatic heterocycles. The molecule has 0 amide bonds. The van der Waals surface area contributed by atoms with Crippen LogP contribution in [0.15, 0.2) is 72.8 Å². The fourth-order valence-corrected chi connectivity index (χ4v) is 9.04. The monoisotopic (exact) mass is 479 g/mol. The Bertz CT molecular complexity index is 993. The minimum Gasteiger partial charge on any atom is -0.497 e. The van der Waals surface area contributed by atoms with Crippen LogP contribution in [-0.4, -0.2) is 27.0 Å². The van der Waals surface area contributed by atoms with Crippen LogP contribution in [0, 0.1) is 10.8 Å². The third-order valence-corrected chi connectivity index (χ3v) is 10.6. The van der Waals surface area contributed by atoms with Gasteiger partial charge in [0, 0.05) is 0 Å². The van der Waals surface area contributed by atoms with Crippen molar-refractivity contribution < 1.29 is 14.2 Å². The Morgan fingerprint density at radius 1 is 0.529 bits per heavy atom. The van der Waals surface area contributed by atoms with Gasteiger partial charge in [0.2, 0.25) is 0 Å². The molecule has 0 saturated heterocycles. The average Bonchev–Trinajstić information content (AvgIpc) is 2.81. The lowest BCUT2D eigenvalue weighted by atomic mass is 9.99. The Labute approximate surface area is 206 Å². The highest BCUT2D eigenvalue weighted by molar-refractivity contribution is 7.95. The van der Waals surface area contributed by atoms with Crippen LogP contribution in [0.4, 0.5) is 0 Å². The molecule has 0 fully saturated rings. The maximum absolute atomic E-state index is 6.09. The van der Waals surface area contributed by atoms with Crippen molar-refractivity contribution in [3.63, 3.8) is 0 Å². The predicted octanol–water partition coefficient (Wildman–Crippen LogP) is 6.47. The molecular formula is C30H40O3P+. The third-order valence-electron chi connectivity index (χ3n) is 5.69. The Kier molecular flexibility index (Phi) is 7.98. The molecular weight excluding hydrogens is 439 g/mol. The lowest BCUT2D eigenvalue weighted by molar-refractivity contribution is 0.198. The lowest BCUT2D eigenvalue weighted by Crippen LogP contribution is -2.37. The van der Waals surface area contributed by atoms with Crippen molar-refractivity contribution in [3.8, 4) is 17.2 Å². The van der Waals surface area contributed by atoms with E-state index in [1.54, 1.807) is 14.2 Å². The van der Waals surface area contributed by atoms with Crippen LogP contribution in [0.5, 0.6) is 17.2 Å². The van der Waals surface area contributed by atoms with Crippen LogP contribution < -0.4 is 30.1 Å². The minimum atomic E-state index is -1.97. The summed E-state index contributed by atoms with van der Waals surface area (Å²) in [4.78, 5) is 0. The first-order valence-electron chi connectivity index (χ1n) is 11.9. The molecule has 0 spiro atoms. The van der Waals surface area contributed by atoms with Crippen molar-refractivity contribution in [2.24, 2.45) is 10.8 Å². The van der Waals surface area contributed by atoms with Crippen molar-refractivity contribution in [1.29, 1.82) is 0 Å². The molecule has 0 atom stereocenters. The Hall–Kier alpha value is -2.51. The molecule has 0 saturated carbocycles. The molecule has 0 heterocycles. The molecule has 182 valence electrons. The van der Waals surface area contributed by atoms with Gasteiger partial charge in [-0.2, -0.15) is 0 Å². The molecule has 3 rings (SSSR count). The molecule has 3 aromatic rings. The second-order valence-corrected chi connectivity index (χ2v) is 14.8. The topological polar surface area (TPSA) is 27.7 Å². The van der Waals surface area contributed by atoms with Gasteiger partial charge in [-0.15, -0.1) is 0 Å². The summed E-state index contributed by atoms with van der Waals surface area (Å²) in [6, 6.07) is 26.1. The largest absolute Gasteiger partial charge is 0.497 e. The van der Waals surface area contributed by atoms with Crippen molar-refractivity contribution in [1.82, 2.24) is 0 Å². The van der Waals surface area contributed by atoms with Crippen LogP contribution in [0.2, 0.25) is 0 Å². The van der Waals surface area contributed by atoms with Crippen LogP contribution in [0.3, 0.4) is 0 Å². The number of rotatable bonds is 8. The first-order chi connectivity index (χ1) is 16.0. The van der Waals surface area contributed by atoms with E-state index in [9.17, 15) is 0 Å². The number of ether oxygens (including phenoxy) is 3. The van der Waals surface area contributed by atoms with Gasteiger partial charge in [0.15, 0.2) is 0 Å². The molecule has 0 N–H and O–H groups in total. The van der Waals surface area contributed by atoms with E-state index < -0.39 is 7.26 Å². The van der Waals surface area contributed by atoms with Crippen LogP contribution in [-0.2, 0) is 0 Å². The van der Waals surface area contributed by atoms with E-state index in [1.165, 1.54) is 15.9 Å². The van der Waals surface area contributed by atoms with E-state index in [1.807, 2.05) is 0 Å². The zero-order chi connectivity index (χ0) is 25.0. The smallest absolute Gasteiger partial charge is 0.119 e. The maximum Gasteiger partial charge on any atom is 0.119 e. The third kappa shape index (κ3) is 6.33. The number of benzene rings is 3. The second kappa shape index (κ2) is 10.4. The molecule has 0 aliphatic carbocycles. The van der Waals surface area contributed by atoms with Gasteiger partial charge in [0.1, 0.15) is 40.4 Å². The van der Waals surface area contributed by atoms with Crippen molar-refractivity contribution in [2.75, 3.05) is 27.0 Å². The Morgan fingerprint density at radius 3 is 1.18 bits per heavy atom. The molecule has 3 aromatic carbocycles. The van der Waals surface area contributed by atoms with Gasteiger partial charge in [-0.3, -0.25) is 0 Å².